The molecule has 0 spiro atoms. The van der Waals surface area contributed by atoms with Crippen LogP contribution in [0.2, 0.25) is 0 Å². The van der Waals surface area contributed by atoms with Gasteiger partial charge in [0.25, 0.3) is 0 Å². The van der Waals surface area contributed by atoms with Gasteiger partial charge >= 0.3 is 0 Å². The summed E-state index contributed by atoms with van der Waals surface area (Å²) in [5.41, 5.74) is 1.47. The number of benzene rings is 1. The maximum Gasteiger partial charge on any atom is 0.226 e. The van der Waals surface area contributed by atoms with Gasteiger partial charge in [-0.3, -0.25) is 4.79 Å². The highest BCUT2D eigenvalue weighted by atomic mass is 32.2. The molecule has 5 nitrogen and oxygen atoms in total. The molecule has 130 valence electrons. The van der Waals surface area contributed by atoms with E-state index < -0.39 is 9.84 Å². The Morgan fingerprint density at radius 3 is 2.33 bits per heavy atom. The van der Waals surface area contributed by atoms with Crippen LogP contribution < -0.4 is 0 Å². The molecule has 2 rings (SSSR count). The Morgan fingerprint density at radius 1 is 1.25 bits per heavy atom. The summed E-state index contributed by atoms with van der Waals surface area (Å²) >= 11 is 0. The van der Waals surface area contributed by atoms with E-state index in [4.69, 9.17) is 5.26 Å². The predicted molar refractivity (Wildman–Crippen MR) is 93.1 cm³/mol. The second-order valence-electron chi connectivity index (χ2n) is 6.69. The highest BCUT2D eigenvalue weighted by molar-refractivity contribution is 7.91. The lowest BCUT2D eigenvalue weighted by Crippen LogP contribution is -2.41. The number of sulfone groups is 1. The minimum absolute atomic E-state index is 0.0601. The number of rotatable bonds is 5. The number of carbonyl (C=O) groups is 1. The van der Waals surface area contributed by atoms with E-state index in [0.717, 1.165) is 18.4 Å². The van der Waals surface area contributed by atoms with Crippen LogP contribution in [0.15, 0.2) is 24.3 Å². The van der Waals surface area contributed by atoms with Gasteiger partial charge in [-0.05, 0) is 50.3 Å². The lowest BCUT2D eigenvalue weighted by Gasteiger charge is -2.32. The molecule has 0 atom stereocenters. The van der Waals surface area contributed by atoms with E-state index in [-0.39, 0.29) is 22.8 Å². The number of likely N-dealkylation sites (tertiary alicyclic amines) is 1. The van der Waals surface area contributed by atoms with Crippen LogP contribution in [0.5, 0.6) is 0 Å². The molecule has 0 radical (unpaired) electrons. The number of hydrogen-bond donors (Lipinski definition) is 0. The monoisotopic (exact) mass is 348 g/mol. The van der Waals surface area contributed by atoms with Gasteiger partial charge in [-0.25, -0.2) is 8.42 Å². The van der Waals surface area contributed by atoms with Gasteiger partial charge in [-0.2, -0.15) is 5.26 Å². The van der Waals surface area contributed by atoms with Crippen LogP contribution in [0.25, 0.3) is 0 Å². The highest BCUT2D eigenvalue weighted by Crippen LogP contribution is 2.21. The fourth-order valence-corrected chi connectivity index (χ4v) is 4.23. The molecule has 0 N–H and O–H groups in total. The fraction of sp³-hybridized carbons (Fsp3) is 0.556. The van der Waals surface area contributed by atoms with E-state index in [1.54, 1.807) is 38.1 Å². The Hall–Kier alpha value is -1.87. The maximum atomic E-state index is 12.4. The zero-order valence-electron chi connectivity index (χ0n) is 14.2. The number of nitriles is 1. The van der Waals surface area contributed by atoms with Crippen molar-refractivity contribution in [1.29, 1.82) is 5.26 Å². The summed E-state index contributed by atoms with van der Waals surface area (Å²) in [6.45, 7) is 4.66. The summed E-state index contributed by atoms with van der Waals surface area (Å²) in [7, 11) is -3.02. The highest BCUT2D eigenvalue weighted by Gasteiger charge is 2.27. The standard InChI is InChI=1S/C18H24N2O3S/c1-14(2)24(22,23)13-17-7-9-20(10-8-17)18(21)11-15-3-5-16(12-19)6-4-15/h3-6,14,17H,7-11,13H2,1-2H3. The van der Waals surface area contributed by atoms with E-state index in [9.17, 15) is 13.2 Å². The molecule has 0 bridgehead atoms. The van der Waals surface area contributed by atoms with E-state index >= 15 is 0 Å². The molecule has 0 aromatic heterocycles. The Bertz CT molecular complexity index is 710. The Balaban J connectivity index is 1.85. The minimum Gasteiger partial charge on any atom is -0.342 e. The first kappa shape index (κ1) is 18.5. The molecular formula is C18H24N2O3S. The van der Waals surface area contributed by atoms with Crippen molar-refractivity contribution >= 4 is 15.7 Å². The SMILES string of the molecule is CC(C)S(=O)(=O)CC1CCN(C(=O)Cc2ccc(C#N)cc2)CC1. The lowest BCUT2D eigenvalue weighted by atomic mass is 9.98. The molecule has 1 aromatic carbocycles. The zero-order valence-corrected chi connectivity index (χ0v) is 15.1. The lowest BCUT2D eigenvalue weighted by molar-refractivity contribution is -0.131. The van der Waals surface area contributed by atoms with Crippen molar-refractivity contribution in [1.82, 2.24) is 4.90 Å². The summed E-state index contributed by atoms with van der Waals surface area (Å²) in [4.78, 5) is 14.2. The van der Waals surface area contributed by atoms with Crippen molar-refractivity contribution < 1.29 is 13.2 Å². The van der Waals surface area contributed by atoms with Crippen molar-refractivity contribution in [2.24, 2.45) is 5.92 Å². The number of nitrogens with zero attached hydrogens (tertiary/aromatic N) is 2. The van der Waals surface area contributed by atoms with Gasteiger partial charge < -0.3 is 4.90 Å². The molecule has 0 aliphatic carbocycles. The zero-order chi connectivity index (χ0) is 17.7. The smallest absolute Gasteiger partial charge is 0.226 e. The van der Waals surface area contributed by atoms with E-state index in [1.165, 1.54) is 0 Å². The van der Waals surface area contributed by atoms with Crippen LogP contribution in [0.1, 0.15) is 37.8 Å². The van der Waals surface area contributed by atoms with Crippen LogP contribution in [0.3, 0.4) is 0 Å². The molecule has 24 heavy (non-hydrogen) atoms. The molecule has 1 fully saturated rings. The van der Waals surface area contributed by atoms with Crippen LogP contribution >= 0.6 is 0 Å². The van der Waals surface area contributed by atoms with Crippen LogP contribution in [-0.2, 0) is 21.1 Å². The second kappa shape index (κ2) is 7.80. The number of carbonyl (C=O) groups excluding carboxylic acids is 1. The first-order valence-electron chi connectivity index (χ1n) is 8.30. The molecule has 1 aliphatic rings. The molecular weight excluding hydrogens is 324 g/mol. The van der Waals surface area contributed by atoms with Gasteiger partial charge in [0.2, 0.25) is 5.91 Å². The van der Waals surface area contributed by atoms with Gasteiger partial charge in [0.05, 0.1) is 29.1 Å². The van der Waals surface area contributed by atoms with E-state index in [2.05, 4.69) is 6.07 Å². The second-order valence-corrected chi connectivity index (χ2v) is 9.29. The van der Waals surface area contributed by atoms with Gasteiger partial charge in [0.15, 0.2) is 9.84 Å². The summed E-state index contributed by atoms with van der Waals surface area (Å²) < 4.78 is 24.0. The van der Waals surface area contributed by atoms with Gasteiger partial charge in [0, 0.05) is 13.1 Å². The quantitative estimate of drug-likeness (QED) is 0.817. The van der Waals surface area contributed by atoms with Gasteiger partial charge in [0.1, 0.15) is 0 Å². The Kier molecular flexibility index (Phi) is 6.00. The fourth-order valence-electron chi connectivity index (χ4n) is 2.85. The number of hydrogen-bond acceptors (Lipinski definition) is 4. The molecule has 1 amide bonds. The molecule has 1 heterocycles. The molecule has 1 saturated heterocycles. The van der Waals surface area contributed by atoms with E-state index in [1.807, 2.05) is 4.90 Å². The molecule has 0 unspecified atom stereocenters. The molecule has 0 saturated carbocycles. The normalized spacial score (nSPS) is 16.2. The minimum atomic E-state index is -3.02. The first-order chi connectivity index (χ1) is 11.3. The van der Waals surface area contributed by atoms with E-state index in [0.29, 0.717) is 25.1 Å². The average molecular weight is 348 g/mol. The van der Waals surface area contributed by atoms with Crippen molar-refractivity contribution in [2.75, 3.05) is 18.8 Å². The van der Waals surface area contributed by atoms with Crippen LogP contribution in [0.4, 0.5) is 0 Å². The van der Waals surface area contributed by atoms with Crippen molar-refractivity contribution in [3.8, 4) is 6.07 Å². The topological polar surface area (TPSA) is 78.2 Å². The van der Waals surface area contributed by atoms with Crippen LogP contribution in [0, 0.1) is 17.2 Å². The summed E-state index contributed by atoms with van der Waals surface area (Å²) in [5, 5.41) is 8.45. The Labute approximate surface area is 144 Å². The number of amides is 1. The summed E-state index contributed by atoms with van der Waals surface area (Å²) in [5.74, 6) is 0.434. The third kappa shape index (κ3) is 4.81. The van der Waals surface area contributed by atoms with Gasteiger partial charge in [-0.15, -0.1) is 0 Å². The molecule has 6 heteroatoms. The predicted octanol–water partition coefficient (Wildman–Crippen LogP) is 2.16. The Morgan fingerprint density at radius 2 is 1.83 bits per heavy atom. The van der Waals surface area contributed by atoms with Crippen molar-refractivity contribution in [3.63, 3.8) is 0 Å². The summed E-state index contributed by atoms with van der Waals surface area (Å²) in [6.07, 6.45) is 1.80. The third-order valence-electron chi connectivity index (χ3n) is 4.59. The van der Waals surface area contributed by atoms with Crippen LogP contribution in [-0.4, -0.2) is 43.3 Å². The number of piperidine rings is 1. The van der Waals surface area contributed by atoms with Gasteiger partial charge in [-0.1, -0.05) is 12.1 Å². The average Bonchev–Trinajstić information content (AvgIpc) is 2.55. The third-order valence-corrected chi connectivity index (χ3v) is 6.96. The van der Waals surface area contributed by atoms with Crippen molar-refractivity contribution in [2.45, 2.75) is 38.4 Å². The molecule has 1 aliphatic heterocycles. The maximum absolute atomic E-state index is 12.4. The van der Waals surface area contributed by atoms with Crippen molar-refractivity contribution in [3.05, 3.63) is 35.4 Å². The molecule has 1 aromatic rings. The first-order valence-corrected chi connectivity index (χ1v) is 10.0. The summed E-state index contributed by atoms with van der Waals surface area (Å²) in [6, 6.07) is 9.09. The largest absolute Gasteiger partial charge is 0.342 e.